The van der Waals surface area contributed by atoms with E-state index in [1.54, 1.807) is 0 Å². The predicted molar refractivity (Wildman–Crippen MR) is 59.1 cm³/mol. The predicted octanol–water partition coefficient (Wildman–Crippen LogP) is 3.07. The van der Waals surface area contributed by atoms with Crippen LogP contribution in [0.1, 0.15) is 40.0 Å². The number of hydrogen-bond donors (Lipinski definition) is 0. The number of halogens is 3. The Bertz CT molecular complexity index is 455. The van der Waals surface area contributed by atoms with Crippen LogP contribution in [0.3, 0.4) is 0 Å². The molecule has 0 heterocycles. The fourth-order valence-corrected chi connectivity index (χ4v) is 4.19. The molecule has 2 rings (SSSR count). The number of hydrogen-bond acceptors (Lipinski definition) is 3. The second-order valence-corrected chi connectivity index (χ2v) is 7.66. The minimum atomic E-state index is -5.49. The Labute approximate surface area is 105 Å². The summed E-state index contributed by atoms with van der Waals surface area (Å²) in [6.07, 6.45) is 1.16. The first-order valence-corrected chi connectivity index (χ1v) is 7.32. The maximum atomic E-state index is 12.3. The molecule has 0 aliphatic heterocycles. The molecule has 3 atom stereocenters. The first-order chi connectivity index (χ1) is 7.92. The molecule has 2 bridgehead atoms. The Balaban J connectivity index is 2.25. The van der Waals surface area contributed by atoms with Gasteiger partial charge in [0.05, 0.1) is 6.10 Å². The van der Waals surface area contributed by atoms with Crippen LogP contribution < -0.4 is 0 Å². The van der Waals surface area contributed by atoms with Crippen molar-refractivity contribution in [3.63, 3.8) is 0 Å². The van der Waals surface area contributed by atoms with Crippen LogP contribution >= 0.6 is 0 Å². The van der Waals surface area contributed by atoms with Crippen molar-refractivity contribution < 1.29 is 25.8 Å². The Morgan fingerprint density at radius 3 is 2.11 bits per heavy atom. The van der Waals surface area contributed by atoms with Crippen molar-refractivity contribution in [2.75, 3.05) is 0 Å². The molecule has 0 aromatic heterocycles. The van der Waals surface area contributed by atoms with Crippen LogP contribution in [-0.4, -0.2) is 20.0 Å². The fourth-order valence-electron chi connectivity index (χ4n) is 3.48. The van der Waals surface area contributed by atoms with E-state index in [1.807, 2.05) is 20.8 Å². The molecule has 7 heteroatoms. The summed E-state index contributed by atoms with van der Waals surface area (Å²) in [4.78, 5) is 0. The molecule has 18 heavy (non-hydrogen) atoms. The van der Waals surface area contributed by atoms with Gasteiger partial charge in [-0.3, -0.25) is 4.18 Å². The zero-order valence-corrected chi connectivity index (χ0v) is 11.4. The van der Waals surface area contributed by atoms with Crippen molar-refractivity contribution in [1.29, 1.82) is 0 Å². The maximum Gasteiger partial charge on any atom is 0.523 e. The van der Waals surface area contributed by atoms with Crippen LogP contribution in [0.2, 0.25) is 0 Å². The van der Waals surface area contributed by atoms with Gasteiger partial charge in [-0.1, -0.05) is 20.8 Å². The van der Waals surface area contributed by atoms with Crippen LogP contribution in [0, 0.1) is 16.7 Å². The van der Waals surface area contributed by atoms with Crippen LogP contribution in [0.25, 0.3) is 0 Å². The lowest BCUT2D eigenvalue weighted by molar-refractivity contribution is -0.0651. The monoisotopic (exact) mass is 286 g/mol. The molecule has 2 aliphatic rings. The third-order valence-electron chi connectivity index (χ3n) is 5.24. The molecule has 3 nitrogen and oxygen atoms in total. The highest BCUT2D eigenvalue weighted by molar-refractivity contribution is 7.87. The summed E-state index contributed by atoms with van der Waals surface area (Å²) in [5.41, 5.74) is -6.02. The minimum absolute atomic E-state index is 0.182. The Morgan fingerprint density at radius 2 is 1.78 bits per heavy atom. The van der Waals surface area contributed by atoms with Crippen LogP contribution in [0.15, 0.2) is 0 Å². The van der Waals surface area contributed by atoms with Crippen LogP contribution in [-0.2, 0) is 14.3 Å². The molecule has 2 aliphatic carbocycles. The van der Waals surface area contributed by atoms with Gasteiger partial charge in [0.2, 0.25) is 0 Å². The van der Waals surface area contributed by atoms with Gasteiger partial charge in [0.25, 0.3) is 0 Å². The summed E-state index contributed by atoms with van der Waals surface area (Å²) in [6.45, 7) is 5.79. The summed E-state index contributed by atoms with van der Waals surface area (Å²) in [6, 6.07) is 0. The second-order valence-electron chi connectivity index (χ2n) is 6.10. The van der Waals surface area contributed by atoms with Gasteiger partial charge in [-0.15, -0.1) is 0 Å². The number of rotatable bonds is 2. The highest BCUT2D eigenvalue weighted by Crippen LogP contribution is 2.66. The Hall–Kier alpha value is -0.300. The van der Waals surface area contributed by atoms with Gasteiger partial charge < -0.3 is 0 Å². The number of alkyl halides is 3. The standard InChI is InChI=1S/C11H17F3O3S/c1-9(2)7-4-5-10(9,3)8(6-7)17-18(15,16)11(12,13)14/h7-8H,4-6H2,1-3H3. The van der Waals surface area contributed by atoms with Crippen molar-refractivity contribution >= 4 is 10.1 Å². The van der Waals surface area contributed by atoms with Gasteiger partial charge in [-0.05, 0) is 30.6 Å². The average molecular weight is 286 g/mol. The van der Waals surface area contributed by atoms with E-state index in [1.165, 1.54) is 0 Å². The van der Waals surface area contributed by atoms with Gasteiger partial charge in [-0.2, -0.15) is 21.6 Å². The van der Waals surface area contributed by atoms with Crippen molar-refractivity contribution in [3.8, 4) is 0 Å². The lowest BCUT2D eigenvalue weighted by Crippen LogP contribution is -2.40. The van der Waals surface area contributed by atoms with E-state index in [0.29, 0.717) is 12.8 Å². The molecular weight excluding hydrogens is 269 g/mol. The summed E-state index contributed by atoms with van der Waals surface area (Å²) in [7, 11) is -5.49. The van der Waals surface area contributed by atoms with Crippen molar-refractivity contribution in [1.82, 2.24) is 0 Å². The first kappa shape index (κ1) is 14.1. The van der Waals surface area contributed by atoms with Gasteiger partial charge >= 0.3 is 15.6 Å². The van der Waals surface area contributed by atoms with E-state index in [2.05, 4.69) is 4.18 Å². The third-order valence-corrected chi connectivity index (χ3v) is 6.29. The SMILES string of the molecule is CC1(C)C2CCC1(C)C(OS(=O)(=O)C(F)(F)F)C2. The molecule has 0 spiro atoms. The molecule has 0 saturated heterocycles. The summed E-state index contributed by atoms with van der Waals surface area (Å²) in [5, 5.41) is 0. The van der Waals surface area contributed by atoms with Crippen molar-refractivity contribution in [2.24, 2.45) is 16.7 Å². The molecule has 0 amide bonds. The smallest absolute Gasteiger partial charge is 0.259 e. The van der Waals surface area contributed by atoms with Gasteiger partial charge in [-0.25, -0.2) is 0 Å². The van der Waals surface area contributed by atoms with Crippen molar-refractivity contribution in [3.05, 3.63) is 0 Å². The zero-order chi connectivity index (χ0) is 14.0. The normalized spacial score (nSPS) is 39.2. The largest absolute Gasteiger partial charge is 0.523 e. The first-order valence-electron chi connectivity index (χ1n) is 5.91. The Morgan fingerprint density at radius 1 is 1.22 bits per heavy atom. The Kier molecular flexibility index (Phi) is 2.84. The van der Waals surface area contributed by atoms with Crippen LogP contribution in [0.4, 0.5) is 13.2 Å². The summed E-state index contributed by atoms with van der Waals surface area (Å²) < 4.78 is 63.7. The van der Waals surface area contributed by atoms with Gasteiger partial charge in [0.15, 0.2) is 0 Å². The molecule has 0 N–H and O–H groups in total. The quantitative estimate of drug-likeness (QED) is 0.579. The third kappa shape index (κ3) is 1.70. The van der Waals surface area contributed by atoms with Gasteiger partial charge in [0.1, 0.15) is 0 Å². The van der Waals surface area contributed by atoms with E-state index in [-0.39, 0.29) is 11.3 Å². The second kappa shape index (κ2) is 3.62. The summed E-state index contributed by atoms with van der Waals surface area (Å²) >= 11 is 0. The van der Waals surface area contributed by atoms with E-state index in [0.717, 1.165) is 6.42 Å². The van der Waals surface area contributed by atoms with E-state index in [4.69, 9.17) is 0 Å². The van der Waals surface area contributed by atoms with Crippen molar-refractivity contribution in [2.45, 2.75) is 51.6 Å². The molecule has 0 aromatic rings. The molecule has 2 saturated carbocycles. The molecule has 2 fully saturated rings. The molecule has 0 radical (unpaired) electrons. The molecule has 3 unspecified atom stereocenters. The lowest BCUT2D eigenvalue weighted by Gasteiger charge is -2.38. The fraction of sp³-hybridized carbons (Fsp3) is 1.00. The molecule has 106 valence electrons. The van der Waals surface area contributed by atoms with E-state index < -0.39 is 27.1 Å². The van der Waals surface area contributed by atoms with E-state index >= 15 is 0 Å². The van der Waals surface area contributed by atoms with E-state index in [9.17, 15) is 21.6 Å². The highest BCUT2D eigenvalue weighted by Gasteiger charge is 2.64. The number of fused-ring (bicyclic) bond motifs is 2. The summed E-state index contributed by atoms with van der Waals surface area (Å²) in [5.74, 6) is 0.232. The maximum absolute atomic E-state index is 12.3. The lowest BCUT2D eigenvalue weighted by atomic mass is 9.70. The minimum Gasteiger partial charge on any atom is -0.259 e. The average Bonchev–Trinajstić information content (AvgIpc) is 2.48. The van der Waals surface area contributed by atoms with Gasteiger partial charge in [0, 0.05) is 5.41 Å². The zero-order valence-electron chi connectivity index (χ0n) is 10.5. The molecule has 0 aromatic carbocycles. The highest BCUT2D eigenvalue weighted by atomic mass is 32.2. The topological polar surface area (TPSA) is 43.4 Å². The molecular formula is C11H17F3O3S. The van der Waals surface area contributed by atoms with Crippen LogP contribution in [0.5, 0.6) is 0 Å².